The molecule has 1 saturated carbocycles. The molecule has 1 aliphatic rings. The predicted molar refractivity (Wildman–Crippen MR) is 71.1 cm³/mol. The van der Waals surface area contributed by atoms with Crippen molar-refractivity contribution in [3.05, 3.63) is 12.2 Å². The van der Waals surface area contributed by atoms with E-state index in [2.05, 4.69) is 0 Å². The van der Waals surface area contributed by atoms with Gasteiger partial charge in [-0.3, -0.25) is 4.79 Å². The summed E-state index contributed by atoms with van der Waals surface area (Å²) in [7, 11) is 0. The SMILES string of the molecule is CC(=O)/C=C/[C@@H]1[C@@](C)(CC=O)CC[C@@]1(O)C(C)C. The Morgan fingerprint density at radius 2 is 2.06 bits per heavy atom. The van der Waals surface area contributed by atoms with Gasteiger partial charge in [-0.25, -0.2) is 0 Å². The van der Waals surface area contributed by atoms with Gasteiger partial charge in [0.25, 0.3) is 0 Å². The molecule has 18 heavy (non-hydrogen) atoms. The molecular weight excluding hydrogens is 228 g/mol. The lowest BCUT2D eigenvalue weighted by Gasteiger charge is -2.38. The van der Waals surface area contributed by atoms with Gasteiger partial charge in [0.1, 0.15) is 6.29 Å². The smallest absolute Gasteiger partial charge is 0.152 e. The minimum Gasteiger partial charge on any atom is -0.389 e. The van der Waals surface area contributed by atoms with Crippen LogP contribution in [0.2, 0.25) is 0 Å². The Morgan fingerprint density at radius 3 is 2.50 bits per heavy atom. The largest absolute Gasteiger partial charge is 0.389 e. The van der Waals surface area contributed by atoms with Crippen LogP contribution in [0.15, 0.2) is 12.2 Å². The van der Waals surface area contributed by atoms with E-state index in [-0.39, 0.29) is 23.0 Å². The van der Waals surface area contributed by atoms with Crippen LogP contribution in [-0.4, -0.2) is 22.8 Å². The molecule has 0 aromatic carbocycles. The highest BCUT2D eigenvalue weighted by atomic mass is 16.3. The molecule has 3 heteroatoms. The van der Waals surface area contributed by atoms with Gasteiger partial charge in [0.05, 0.1) is 5.60 Å². The fourth-order valence-corrected chi connectivity index (χ4v) is 3.10. The van der Waals surface area contributed by atoms with Crippen LogP contribution in [-0.2, 0) is 9.59 Å². The first-order valence-corrected chi connectivity index (χ1v) is 6.61. The first kappa shape index (κ1) is 15.1. The maximum atomic E-state index is 11.1. The lowest BCUT2D eigenvalue weighted by atomic mass is 9.70. The zero-order valence-corrected chi connectivity index (χ0v) is 11.8. The van der Waals surface area contributed by atoms with Crippen LogP contribution < -0.4 is 0 Å². The Morgan fingerprint density at radius 1 is 1.44 bits per heavy atom. The number of carbonyl (C=O) groups is 2. The number of aliphatic hydroxyl groups is 1. The maximum Gasteiger partial charge on any atom is 0.152 e. The Bertz CT molecular complexity index is 359. The summed E-state index contributed by atoms with van der Waals surface area (Å²) in [6.07, 6.45) is 6.16. The van der Waals surface area contributed by atoms with Gasteiger partial charge in [0.15, 0.2) is 5.78 Å². The summed E-state index contributed by atoms with van der Waals surface area (Å²) in [4.78, 5) is 22.0. The zero-order chi connectivity index (χ0) is 14.0. The molecule has 0 aromatic rings. The standard InChI is InChI=1S/C15H24O3/c1-11(2)15(18)8-7-14(4,9-10-16)13(15)6-5-12(3)17/h5-6,10-11,13,18H,7-9H2,1-4H3/b6-5+/t13-,14-,15-/m1/s1. The number of ketones is 1. The second-order valence-electron chi connectivity index (χ2n) is 6.12. The average molecular weight is 252 g/mol. The molecule has 1 N–H and O–H groups in total. The molecule has 0 aliphatic heterocycles. The number of hydrogen-bond donors (Lipinski definition) is 1. The van der Waals surface area contributed by atoms with E-state index in [4.69, 9.17) is 0 Å². The van der Waals surface area contributed by atoms with E-state index in [1.807, 2.05) is 20.8 Å². The second kappa shape index (κ2) is 5.35. The highest BCUT2D eigenvalue weighted by Gasteiger charge is 2.53. The molecule has 0 bridgehead atoms. The molecule has 102 valence electrons. The lowest BCUT2D eigenvalue weighted by molar-refractivity contribution is -0.112. The topological polar surface area (TPSA) is 54.4 Å². The van der Waals surface area contributed by atoms with E-state index in [0.29, 0.717) is 12.8 Å². The van der Waals surface area contributed by atoms with Gasteiger partial charge >= 0.3 is 0 Å². The van der Waals surface area contributed by atoms with Crippen molar-refractivity contribution in [2.45, 2.75) is 52.6 Å². The van der Waals surface area contributed by atoms with Crippen molar-refractivity contribution < 1.29 is 14.7 Å². The van der Waals surface area contributed by atoms with Crippen LogP contribution >= 0.6 is 0 Å². The molecule has 1 rings (SSSR count). The average Bonchev–Trinajstić information content (AvgIpc) is 2.50. The fraction of sp³-hybridized carbons (Fsp3) is 0.733. The van der Waals surface area contributed by atoms with Crippen molar-refractivity contribution in [3.63, 3.8) is 0 Å². The quantitative estimate of drug-likeness (QED) is 0.604. The molecule has 0 radical (unpaired) electrons. The molecule has 3 nitrogen and oxygen atoms in total. The molecule has 0 heterocycles. The van der Waals surface area contributed by atoms with Crippen LogP contribution in [0.25, 0.3) is 0 Å². The fourth-order valence-electron chi connectivity index (χ4n) is 3.10. The van der Waals surface area contributed by atoms with Gasteiger partial charge in [-0.05, 0) is 37.2 Å². The molecule has 0 spiro atoms. The molecule has 0 saturated heterocycles. The second-order valence-corrected chi connectivity index (χ2v) is 6.12. The highest BCUT2D eigenvalue weighted by molar-refractivity contribution is 5.87. The molecule has 0 unspecified atom stereocenters. The van der Waals surface area contributed by atoms with E-state index in [0.717, 1.165) is 12.7 Å². The Labute approximate surface area is 109 Å². The van der Waals surface area contributed by atoms with Crippen LogP contribution in [0, 0.1) is 17.3 Å². The summed E-state index contributed by atoms with van der Waals surface area (Å²) in [5, 5.41) is 10.8. The van der Waals surface area contributed by atoms with Crippen LogP contribution in [0.5, 0.6) is 0 Å². The van der Waals surface area contributed by atoms with Gasteiger partial charge in [-0.1, -0.05) is 26.8 Å². The van der Waals surface area contributed by atoms with Crippen molar-refractivity contribution in [2.75, 3.05) is 0 Å². The third-order valence-corrected chi connectivity index (χ3v) is 4.46. The maximum absolute atomic E-state index is 11.1. The molecule has 0 amide bonds. The Hall–Kier alpha value is -0.960. The summed E-state index contributed by atoms with van der Waals surface area (Å²) in [5.41, 5.74) is -1.06. The van der Waals surface area contributed by atoms with Gasteiger partial charge in [0, 0.05) is 12.3 Å². The minimum atomic E-state index is -0.816. The number of hydrogen-bond acceptors (Lipinski definition) is 3. The van der Waals surface area contributed by atoms with E-state index in [9.17, 15) is 14.7 Å². The van der Waals surface area contributed by atoms with E-state index < -0.39 is 5.60 Å². The molecule has 3 atom stereocenters. The van der Waals surface area contributed by atoms with Crippen molar-refractivity contribution in [3.8, 4) is 0 Å². The molecule has 0 aromatic heterocycles. The van der Waals surface area contributed by atoms with Gasteiger partial charge in [-0.15, -0.1) is 0 Å². The minimum absolute atomic E-state index is 0.0264. The summed E-state index contributed by atoms with van der Waals surface area (Å²) < 4.78 is 0. The predicted octanol–water partition coefficient (Wildman–Crippen LogP) is 2.52. The van der Waals surface area contributed by atoms with Crippen LogP contribution in [0.3, 0.4) is 0 Å². The van der Waals surface area contributed by atoms with Crippen LogP contribution in [0.1, 0.15) is 47.0 Å². The van der Waals surface area contributed by atoms with Crippen molar-refractivity contribution >= 4 is 12.1 Å². The van der Waals surface area contributed by atoms with Crippen molar-refractivity contribution in [1.29, 1.82) is 0 Å². The van der Waals surface area contributed by atoms with Gasteiger partial charge < -0.3 is 9.90 Å². The highest BCUT2D eigenvalue weighted by Crippen LogP contribution is 2.54. The molecule has 1 fully saturated rings. The first-order valence-electron chi connectivity index (χ1n) is 6.61. The third kappa shape index (κ3) is 2.72. The monoisotopic (exact) mass is 252 g/mol. The number of aldehydes is 1. The zero-order valence-electron chi connectivity index (χ0n) is 11.8. The van der Waals surface area contributed by atoms with Gasteiger partial charge in [-0.2, -0.15) is 0 Å². The number of allylic oxidation sites excluding steroid dienone is 1. The van der Waals surface area contributed by atoms with Crippen molar-refractivity contribution in [2.24, 2.45) is 17.3 Å². The molecular formula is C15H24O3. The number of rotatable bonds is 5. The number of carbonyl (C=O) groups excluding carboxylic acids is 2. The summed E-state index contributed by atoms with van der Waals surface area (Å²) in [6.45, 7) is 7.50. The summed E-state index contributed by atoms with van der Waals surface area (Å²) >= 11 is 0. The van der Waals surface area contributed by atoms with Gasteiger partial charge in [0.2, 0.25) is 0 Å². The molecule has 1 aliphatic carbocycles. The Balaban J connectivity index is 3.11. The lowest BCUT2D eigenvalue weighted by Crippen LogP contribution is -2.42. The first-order chi connectivity index (χ1) is 8.26. The Kier molecular flexibility index (Phi) is 4.49. The van der Waals surface area contributed by atoms with E-state index >= 15 is 0 Å². The van der Waals surface area contributed by atoms with E-state index in [1.54, 1.807) is 6.08 Å². The summed E-state index contributed by atoms with van der Waals surface area (Å²) in [6, 6.07) is 0. The normalized spacial score (nSPS) is 36.4. The third-order valence-electron chi connectivity index (χ3n) is 4.46. The van der Waals surface area contributed by atoms with E-state index in [1.165, 1.54) is 13.0 Å². The summed E-state index contributed by atoms with van der Waals surface area (Å²) in [5.74, 6) is -0.0619. The van der Waals surface area contributed by atoms with Crippen LogP contribution in [0.4, 0.5) is 0 Å². The van der Waals surface area contributed by atoms with Crippen molar-refractivity contribution in [1.82, 2.24) is 0 Å².